The summed E-state index contributed by atoms with van der Waals surface area (Å²) in [5.74, 6) is -0.945. The number of carboxylic acid groups (broad SMARTS) is 1. The summed E-state index contributed by atoms with van der Waals surface area (Å²) in [7, 11) is 0. The minimum Gasteiger partial charge on any atom is -0.478 e. The SMILES string of the molecule is Nc1cc(C(=O)O)ccc1N(Cc1cccs1)C1CC1. The van der Waals surface area contributed by atoms with Crippen LogP contribution in [0.15, 0.2) is 35.7 Å². The fourth-order valence-corrected chi connectivity index (χ4v) is 3.02. The molecule has 0 unspecified atom stereocenters. The first-order valence-corrected chi connectivity index (χ1v) is 7.45. The van der Waals surface area contributed by atoms with Gasteiger partial charge in [-0.15, -0.1) is 11.3 Å². The van der Waals surface area contributed by atoms with Gasteiger partial charge in [-0.05, 0) is 42.5 Å². The third-order valence-corrected chi connectivity index (χ3v) is 4.34. The molecule has 0 amide bonds. The predicted octanol–water partition coefficient (Wildman–Crippen LogP) is 3.20. The van der Waals surface area contributed by atoms with Crippen LogP contribution in [0.1, 0.15) is 28.1 Å². The molecule has 1 aromatic heterocycles. The molecule has 1 fully saturated rings. The second-order valence-corrected chi connectivity index (χ2v) is 6.05. The molecule has 2 aromatic rings. The number of benzene rings is 1. The Balaban J connectivity index is 1.89. The molecular weight excluding hydrogens is 272 g/mol. The molecule has 0 aliphatic heterocycles. The highest BCUT2D eigenvalue weighted by molar-refractivity contribution is 7.09. The fourth-order valence-electron chi connectivity index (χ4n) is 2.32. The van der Waals surface area contributed by atoms with Crippen LogP contribution in [0, 0.1) is 0 Å². The lowest BCUT2D eigenvalue weighted by molar-refractivity contribution is 0.0697. The smallest absolute Gasteiger partial charge is 0.335 e. The number of carboxylic acids is 1. The van der Waals surface area contributed by atoms with Crippen molar-refractivity contribution in [2.45, 2.75) is 25.4 Å². The number of hydrogen-bond donors (Lipinski definition) is 2. The molecule has 20 heavy (non-hydrogen) atoms. The van der Waals surface area contributed by atoms with E-state index in [1.165, 1.54) is 17.7 Å². The molecule has 3 N–H and O–H groups in total. The van der Waals surface area contributed by atoms with Gasteiger partial charge in [0.25, 0.3) is 0 Å². The Hall–Kier alpha value is -2.01. The van der Waals surface area contributed by atoms with Gasteiger partial charge in [0.05, 0.1) is 23.5 Å². The monoisotopic (exact) mass is 288 g/mol. The summed E-state index contributed by atoms with van der Waals surface area (Å²) < 4.78 is 0. The van der Waals surface area contributed by atoms with Gasteiger partial charge in [-0.1, -0.05) is 6.07 Å². The molecule has 0 bridgehead atoms. The van der Waals surface area contributed by atoms with Crippen molar-refractivity contribution in [1.29, 1.82) is 0 Å². The zero-order chi connectivity index (χ0) is 14.1. The molecule has 1 heterocycles. The fraction of sp³-hybridized carbons (Fsp3) is 0.267. The number of nitrogens with two attached hydrogens (primary N) is 1. The molecule has 1 aliphatic carbocycles. The summed E-state index contributed by atoms with van der Waals surface area (Å²) >= 11 is 1.73. The molecule has 0 atom stereocenters. The normalized spacial score (nSPS) is 14.2. The van der Waals surface area contributed by atoms with Gasteiger partial charge in [0, 0.05) is 10.9 Å². The second kappa shape index (κ2) is 5.17. The number of carbonyl (C=O) groups is 1. The van der Waals surface area contributed by atoms with Gasteiger partial charge >= 0.3 is 5.97 Å². The molecule has 3 rings (SSSR count). The lowest BCUT2D eigenvalue weighted by Gasteiger charge is -2.25. The number of nitrogen functional groups attached to an aromatic ring is 1. The van der Waals surface area contributed by atoms with Crippen LogP contribution in [0.5, 0.6) is 0 Å². The van der Waals surface area contributed by atoms with Gasteiger partial charge in [0.15, 0.2) is 0 Å². The van der Waals surface area contributed by atoms with E-state index < -0.39 is 5.97 Å². The van der Waals surface area contributed by atoms with E-state index >= 15 is 0 Å². The standard InChI is InChI=1S/C15H16N2O2S/c16-13-8-10(15(18)19)3-6-14(13)17(11-4-5-11)9-12-2-1-7-20-12/h1-3,6-8,11H,4-5,9,16H2,(H,18,19). The first-order valence-electron chi connectivity index (χ1n) is 6.57. The molecule has 1 saturated carbocycles. The highest BCUT2D eigenvalue weighted by atomic mass is 32.1. The van der Waals surface area contributed by atoms with Crippen molar-refractivity contribution < 1.29 is 9.90 Å². The zero-order valence-electron chi connectivity index (χ0n) is 11.0. The van der Waals surface area contributed by atoms with Gasteiger partial charge < -0.3 is 15.7 Å². The number of anilines is 2. The van der Waals surface area contributed by atoms with E-state index in [-0.39, 0.29) is 5.56 Å². The minimum absolute atomic E-state index is 0.234. The molecule has 1 aromatic carbocycles. The van der Waals surface area contributed by atoms with Crippen LogP contribution in [0.4, 0.5) is 11.4 Å². The predicted molar refractivity (Wildman–Crippen MR) is 81.3 cm³/mol. The Morgan fingerprint density at radius 3 is 2.75 bits per heavy atom. The Kier molecular flexibility index (Phi) is 3.36. The van der Waals surface area contributed by atoms with Crippen molar-refractivity contribution in [3.05, 3.63) is 46.2 Å². The topological polar surface area (TPSA) is 66.6 Å². The Morgan fingerprint density at radius 1 is 1.40 bits per heavy atom. The summed E-state index contributed by atoms with van der Waals surface area (Å²) in [4.78, 5) is 14.5. The summed E-state index contributed by atoms with van der Waals surface area (Å²) in [6.45, 7) is 0.832. The van der Waals surface area contributed by atoms with E-state index in [4.69, 9.17) is 10.8 Å². The van der Waals surface area contributed by atoms with Crippen LogP contribution in [0.2, 0.25) is 0 Å². The molecular formula is C15H16N2O2S. The third-order valence-electron chi connectivity index (χ3n) is 3.48. The van der Waals surface area contributed by atoms with Crippen molar-refractivity contribution in [2.24, 2.45) is 0 Å². The lowest BCUT2D eigenvalue weighted by atomic mass is 10.1. The summed E-state index contributed by atoms with van der Waals surface area (Å²) in [6.07, 6.45) is 2.34. The van der Waals surface area contributed by atoms with Gasteiger partial charge in [-0.2, -0.15) is 0 Å². The maximum absolute atomic E-state index is 11.0. The summed E-state index contributed by atoms with van der Waals surface area (Å²) in [5.41, 5.74) is 7.76. The van der Waals surface area contributed by atoms with Crippen LogP contribution < -0.4 is 10.6 Å². The molecule has 1 aliphatic rings. The zero-order valence-corrected chi connectivity index (χ0v) is 11.8. The lowest BCUT2D eigenvalue weighted by Crippen LogP contribution is -2.25. The first-order chi connectivity index (χ1) is 9.65. The summed E-state index contributed by atoms with van der Waals surface area (Å²) in [6, 6.07) is 9.67. The Morgan fingerprint density at radius 2 is 2.20 bits per heavy atom. The van der Waals surface area contributed by atoms with E-state index in [0.717, 1.165) is 12.2 Å². The van der Waals surface area contributed by atoms with Crippen molar-refractivity contribution in [3.8, 4) is 0 Å². The molecule has 104 valence electrons. The van der Waals surface area contributed by atoms with Crippen LogP contribution in [-0.4, -0.2) is 17.1 Å². The maximum Gasteiger partial charge on any atom is 0.335 e. The largest absolute Gasteiger partial charge is 0.478 e. The number of thiophene rings is 1. The first kappa shape index (κ1) is 13.0. The molecule has 4 nitrogen and oxygen atoms in total. The maximum atomic E-state index is 11.0. The highest BCUT2D eigenvalue weighted by Gasteiger charge is 2.30. The van der Waals surface area contributed by atoms with Crippen LogP contribution >= 0.6 is 11.3 Å². The van der Waals surface area contributed by atoms with Gasteiger partial charge in [0.2, 0.25) is 0 Å². The second-order valence-electron chi connectivity index (χ2n) is 5.02. The van der Waals surface area contributed by atoms with E-state index in [0.29, 0.717) is 11.7 Å². The Bertz CT molecular complexity index is 621. The number of aromatic carboxylic acids is 1. The van der Waals surface area contributed by atoms with Crippen LogP contribution in [-0.2, 0) is 6.54 Å². The Labute approximate surface area is 121 Å². The molecule has 0 spiro atoms. The van der Waals surface area contributed by atoms with Gasteiger partial charge in [0.1, 0.15) is 0 Å². The van der Waals surface area contributed by atoms with Crippen molar-refractivity contribution in [1.82, 2.24) is 0 Å². The van der Waals surface area contributed by atoms with E-state index in [9.17, 15) is 4.79 Å². The molecule has 5 heteroatoms. The quantitative estimate of drug-likeness (QED) is 0.829. The number of nitrogens with zero attached hydrogens (tertiary/aromatic N) is 1. The number of hydrogen-bond acceptors (Lipinski definition) is 4. The minimum atomic E-state index is -0.945. The van der Waals surface area contributed by atoms with Crippen molar-refractivity contribution in [2.75, 3.05) is 10.6 Å². The van der Waals surface area contributed by atoms with Crippen molar-refractivity contribution in [3.63, 3.8) is 0 Å². The summed E-state index contributed by atoms with van der Waals surface area (Å²) in [5, 5.41) is 11.1. The van der Waals surface area contributed by atoms with E-state index in [1.54, 1.807) is 23.5 Å². The third kappa shape index (κ3) is 2.63. The number of rotatable bonds is 5. The van der Waals surface area contributed by atoms with E-state index in [1.807, 2.05) is 12.1 Å². The van der Waals surface area contributed by atoms with Crippen LogP contribution in [0.25, 0.3) is 0 Å². The average Bonchev–Trinajstić information content (AvgIpc) is 3.14. The molecule has 0 radical (unpaired) electrons. The molecule has 0 saturated heterocycles. The van der Waals surface area contributed by atoms with Gasteiger partial charge in [-0.25, -0.2) is 4.79 Å². The average molecular weight is 288 g/mol. The van der Waals surface area contributed by atoms with Gasteiger partial charge in [-0.3, -0.25) is 0 Å². The van der Waals surface area contributed by atoms with E-state index in [2.05, 4.69) is 16.3 Å². The highest BCUT2D eigenvalue weighted by Crippen LogP contribution is 2.36. The van der Waals surface area contributed by atoms with Crippen LogP contribution in [0.3, 0.4) is 0 Å². The van der Waals surface area contributed by atoms with Crippen molar-refractivity contribution >= 4 is 28.7 Å².